The molecule has 20 heavy (non-hydrogen) atoms. The second kappa shape index (κ2) is 4.98. The van der Waals surface area contributed by atoms with E-state index in [0.717, 1.165) is 38.3 Å². The Morgan fingerprint density at radius 2 is 2.15 bits per heavy atom. The molecule has 1 fully saturated rings. The average Bonchev–Trinajstić information content (AvgIpc) is 2.45. The van der Waals surface area contributed by atoms with Crippen molar-refractivity contribution in [2.45, 2.75) is 19.4 Å². The van der Waals surface area contributed by atoms with E-state index in [-0.39, 0.29) is 11.9 Å². The van der Waals surface area contributed by atoms with Crippen molar-refractivity contribution in [3.05, 3.63) is 23.3 Å². The lowest BCUT2D eigenvalue weighted by Crippen LogP contribution is -2.52. The van der Waals surface area contributed by atoms with Gasteiger partial charge in [0.25, 0.3) is 0 Å². The fourth-order valence-electron chi connectivity index (χ4n) is 3.29. The summed E-state index contributed by atoms with van der Waals surface area (Å²) in [4.78, 5) is 16.0. The number of methoxy groups -OCH3 is 1. The molecule has 2 N–H and O–H groups in total. The molecule has 0 saturated carbocycles. The van der Waals surface area contributed by atoms with Crippen LogP contribution in [0.2, 0.25) is 0 Å². The van der Waals surface area contributed by atoms with Crippen molar-refractivity contribution in [2.75, 3.05) is 39.0 Å². The summed E-state index contributed by atoms with van der Waals surface area (Å²) in [6.45, 7) is 5.20. The lowest BCUT2D eigenvalue weighted by Gasteiger charge is -2.44. The Hall–Kier alpha value is -1.75. The van der Waals surface area contributed by atoms with E-state index in [1.165, 1.54) is 11.1 Å². The third-order valence-electron chi connectivity index (χ3n) is 4.46. The second-order valence-electron chi connectivity index (χ2n) is 5.56. The molecule has 0 bridgehead atoms. The highest BCUT2D eigenvalue weighted by atomic mass is 16.5. The third-order valence-corrected chi connectivity index (χ3v) is 4.46. The van der Waals surface area contributed by atoms with Gasteiger partial charge in [0.1, 0.15) is 5.75 Å². The number of nitrogen functional groups attached to an aromatic ring is 1. The number of piperazine rings is 1. The molecule has 1 amide bonds. The second-order valence-corrected chi connectivity index (χ2v) is 5.56. The first-order valence-corrected chi connectivity index (χ1v) is 7.06. The van der Waals surface area contributed by atoms with Crippen molar-refractivity contribution in [1.82, 2.24) is 9.80 Å². The molecule has 2 aliphatic rings. The van der Waals surface area contributed by atoms with Crippen molar-refractivity contribution in [1.29, 1.82) is 0 Å². The van der Waals surface area contributed by atoms with E-state index in [0.29, 0.717) is 5.69 Å². The van der Waals surface area contributed by atoms with Crippen molar-refractivity contribution < 1.29 is 9.53 Å². The van der Waals surface area contributed by atoms with Crippen LogP contribution in [0.25, 0.3) is 0 Å². The Morgan fingerprint density at radius 1 is 1.35 bits per heavy atom. The largest absolute Gasteiger partial charge is 0.495 e. The number of nitrogens with zero attached hydrogens (tertiary/aromatic N) is 2. The van der Waals surface area contributed by atoms with Crippen molar-refractivity contribution >= 4 is 11.6 Å². The van der Waals surface area contributed by atoms with Crippen molar-refractivity contribution in [3.8, 4) is 5.75 Å². The minimum atomic E-state index is 0.151. The molecule has 5 nitrogen and oxygen atoms in total. The number of carbonyl (C=O) groups excluding carboxylic acids is 1. The predicted octanol–water partition coefficient (Wildman–Crippen LogP) is 1.04. The van der Waals surface area contributed by atoms with E-state index in [1.54, 1.807) is 14.0 Å². The van der Waals surface area contributed by atoms with E-state index in [4.69, 9.17) is 10.5 Å². The van der Waals surface area contributed by atoms with E-state index < -0.39 is 0 Å². The van der Waals surface area contributed by atoms with Gasteiger partial charge in [-0.05, 0) is 29.7 Å². The summed E-state index contributed by atoms with van der Waals surface area (Å²) in [6.07, 6.45) is 1.02. The molecule has 1 saturated heterocycles. The lowest BCUT2D eigenvalue weighted by atomic mass is 9.90. The van der Waals surface area contributed by atoms with E-state index in [2.05, 4.69) is 11.0 Å². The quantitative estimate of drug-likeness (QED) is 0.778. The lowest BCUT2D eigenvalue weighted by molar-refractivity contribution is -0.132. The van der Waals surface area contributed by atoms with Gasteiger partial charge in [-0.25, -0.2) is 0 Å². The summed E-state index contributed by atoms with van der Waals surface area (Å²) in [5.74, 6) is 0.898. The Bertz CT molecular complexity index is 544. The molecule has 1 aromatic rings. The van der Waals surface area contributed by atoms with Crippen LogP contribution in [-0.4, -0.2) is 49.0 Å². The Kier molecular flexibility index (Phi) is 3.30. The molecule has 0 aromatic heterocycles. The van der Waals surface area contributed by atoms with Crippen LogP contribution in [0, 0.1) is 0 Å². The van der Waals surface area contributed by atoms with Gasteiger partial charge >= 0.3 is 0 Å². The van der Waals surface area contributed by atoms with Crippen LogP contribution >= 0.6 is 0 Å². The van der Waals surface area contributed by atoms with Crippen LogP contribution in [-0.2, 0) is 11.2 Å². The number of rotatable bonds is 1. The zero-order valence-corrected chi connectivity index (χ0v) is 12.1. The van der Waals surface area contributed by atoms with Crippen LogP contribution in [0.5, 0.6) is 5.75 Å². The van der Waals surface area contributed by atoms with Crippen LogP contribution < -0.4 is 10.5 Å². The van der Waals surface area contributed by atoms with Crippen LogP contribution in [0.3, 0.4) is 0 Å². The monoisotopic (exact) mass is 275 g/mol. The standard InChI is InChI=1S/C15H21N3O2/c1-10(19)18-6-5-17-4-3-11-7-15(20-2)13(16)8-12(11)14(17)9-18/h7-8,14H,3-6,9,16H2,1-2H3. The summed E-state index contributed by atoms with van der Waals surface area (Å²) in [5, 5.41) is 0. The molecule has 5 heteroatoms. The van der Waals surface area contributed by atoms with Crippen LogP contribution in [0.15, 0.2) is 12.1 Å². The first-order valence-electron chi connectivity index (χ1n) is 7.06. The molecule has 0 radical (unpaired) electrons. The Morgan fingerprint density at radius 3 is 2.85 bits per heavy atom. The van der Waals surface area contributed by atoms with E-state index >= 15 is 0 Å². The van der Waals surface area contributed by atoms with Gasteiger partial charge in [0.05, 0.1) is 18.8 Å². The molecule has 2 aliphatic heterocycles. The fraction of sp³-hybridized carbons (Fsp3) is 0.533. The number of nitrogens with two attached hydrogens (primary N) is 1. The molecule has 1 unspecified atom stereocenters. The summed E-state index contributed by atoms with van der Waals surface area (Å²) < 4.78 is 5.30. The zero-order chi connectivity index (χ0) is 14.3. The Labute approximate surface area is 119 Å². The fourth-order valence-corrected chi connectivity index (χ4v) is 3.29. The number of anilines is 1. The van der Waals surface area contributed by atoms with Gasteiger partial charge in [0.2, 0.25) is 5.91 Å². The number of amides is 1. The molecular formula is C15H21N3O2. The van der Waals surface area contributed by atoms with Gasteiger partial charge in [-0.1, -0.05) is 0 Å². The molecule has 0 spiro atoms. The van der Waals surface area contributed by atoms with Crippen molar-refractivity contribution in [2.24, 2.45) is 0 Å². The summed E-state index contributed by atoms with van der Waals surface area (Å²) >= 11 is 0. The number of fused-ring (bicyclic) bond motifs is 3. The number of ether oxygens (including phenoxy) is 1. The highest BCUT2D eigenvalue weighted by Gasteiger charge is 2.33. The molecule has 3 rings (SSSR count). The number of hydrogen-bond acceptors (Lipinski definition) is 4. The number of carbonyl (C=O) groups is 1. The molecule has 108 valence electrons. The maximum absolute atomic E-state index is 11.6. The SMILES string of the molecule is COc1cc2c(cc1N)C1CN(C(C)=O)CCN1CC2. The number of hydrogen-bond donors (Lipinski definition) is 1. The minimum Gasteiger partial charge on any atom is -0.495 e. The maximum Gasteiger partial charge on any atom is 0.219 e. The van der Waals surface area contributed by atoms with Crippen LogP contribution in [0.4, 0.5) is 5.69 Å². The summed E-state index contributed by atoms with van der Waals surface area (Å²) in [5.41, 5.74) is 9.27. The maximum atomic E-state index is 11.6. The van der Waals surface area contributed by atoms with Gasteiger partial charge in [-0.2, -0.15) is 0 Å². The van der Waals surface area contributed by atoms with Gasteiger partial charge in [0.15, 0.2) is 0 Å². The topological polar surface area (TPSA) is 58.8 Å². The highest BCUT2D eigenvalue weighted by molar-refractivity contribution is 5.73. The van der Waals surface area contributed by atoms with E-state index in [1.807, 2.05) is 11.0 Å². The predicted molar refractivity (Wildman–Crippen MR) is 77.7 cm³/mol. The summed E-state index contributed by atoms with van der Waals surface area (Å²) in [7, 11) is 1.64. The van der Waals surface area contributed by atoms with Crippen molar-refractivity contribution in [3.63, 3.8) is 0 Å². The molecule has 1 aromatic carbocycles. The minimum absolute atomic E-state index is 0.151. The number of benzene rings is 1. The van der Waals surface area contributed by atoms with Crippen LogP contribution in [0.1, 0.15) is 24.1 Å². The smallest absolute Gasteiger partial charge is 0.219 e. The van der Waals surface area contributed by atoms with Gasteiger partial charge in [-0.15, -0.1) is 0 Å². The third kappa shape index (κ3) is 2.12. The molecular weight excluding hydrogens is 254 g/mol. The van der Waals surface area contributed by atoms with Gasteiger partial charge in [0, 0.05) is 33.1 Å². The molecule has 0 aliphatic carbocycles. The van der Waals surface area contributed by atoms with Gasteiger partial charge < -0.3 is 15.4 Å². The van der Waals surface area contributed by atoms with E-state index in [9.17, 15) is 4.79 Å². The first kappa shape index (κ1) is 13.2. The zero-order valence-electron chi connectivity index (χ0n) is 12.1. The first-order chi connectivity index (χ1) is 9.60. The average molecular weight is 275 g/mol. The Balaban J connectivity index is 1.96. The highest BCUT2D eigenvalue weighted by Crippen LogP contribution is 2.37. The molecule has 1 atom stereocenters. The normalized spacial score (nSPS) is 22.1. The summed E-state index contributed by atoms with van der Waals surface area (Å²) in [6, 6.07) is 4.34. The van der Waals surface area contributed by atoms with Gasteiger partial charge in [-0.3, -0.25) is 9.69 Å². The molecule has 2 heterocycles.